The molecule has 1 amide bonds. The molecule has 2 aromatic heterocycles. The second-order valence-electron chi connectivity index (χ2n) is 6.51. The van der Waals surface area contributed by atoms with E-state index in [1.54, 1.807) is 12.1 Å². The summed E-state index contributed by atoms with van der Waals surface area (Å²) in [5, 5.41) is 16.0. The number of ketones is 1. The summed E-state index contributed by atoms with van der Waals surface area (Å²) < 4.78 is 0.620. The van der Waals surface area contributed by atoms with Gasteiger partial charge in [0, 0.05) is 11.3 Å². The number of carbonyl (C=O) groups is 2. The predicted molar refractivity (Wildman–Crippen MR) is 118 cm³/mol. The molecule has 1 aliphatic heterocycles. The van der Waals surface area contributed by atoms with Crippen LogP contribution in [0.4, 0.5) is 0 Å². The normalized spacial score (nSPS) is 21.8. The van der Waals surface area contributed by atoms with Crippen LogP contribution in [0, 0.1) is 0 Å². The quantitative estimate of drug-likeness (QED) is 0.392. The van der Waals surface area contributed by atoms with E-state index in [9.17, 15) is 14.7 Å². The number of nitrogens with zero attached hydrogens (tertiary/aromatic N) is 1. The van der Waals surface area contributed by atoms with E-state index in [1.165, 1.54) is 29.5 Å². The summed E-state index contributed by atoms with van der Waals surface area (Å²) in [4.78, 5) is 31.2. The average molecular weight is 510 g/mol. The second-order valence-corrected chi connectivity index (χ2v) is 9.65. The van der Waals surface area contributed by atoms with Gasteiger partial charge in [-0.2, -0.15) is 11.3 Å². The van der Waals surface area contributed by atoms with E-state index >= 15 is 0 Å². The number of pyridine rings is 1. The van der Waals surface area contributed by atoms with Gasteiger partial charge in [0.1, 0.15) is 21.1 Å². The van der Waals surface area contributed by atoms with Crippen LogP contribution in [0.1, 0.15) is 17.7 Å². The summed E-state index contributed by atoms with van der Waals surface area (Å²) in [6.07, 6.45) is 0.0625. The maximum absolute atomic E-state index is 13.2. The number of phenols is 1. The molecule has 5 nitrogen and oxygen atoms in total. The first-order valence-corrected chi connectivity index (χ1v) is 11.5. The molecule has 2 unspecified atom stereocenters. The van der Waals surface area contributed by atoms with Crippen molar-refractivity contribution < 1.29 is 14.7 Å². The number of benzene rings is 1. The number of aromatic nitrogens is 1. The lowest BCUT2D eigenvalue weighted by Gasteiger charge is -2.39. The largest absolute Gasteiger partial charge is 0.508 e. The van der Waals surface area contributed by atoms with Crippen molar-refractivity contribution in [3.63, 3.8) is 0 Å². The van der Waals surface area contributed by atoms with Gasteiger partial charge in [-0.1, -0.05) is 17.7 Å². The fourth-order valence-electron chi connectivity index (χ4n) is 3.28. The highest BCUT2D eigenvalue weighted by molar-refractivity contribution is 9.10. The molecule has 0 aliphatic carbocycles. The van der Waals surface area contributed by atoms with Gasteiger partial charge >= 0.3 is 0 Å². The Morgan fingerprint density at radius 1 is 1.28 bits per heavy atom. The number of hydrogen-bond acceptors (Lipinski definition) is 6. The molecule has 3 heterocycles. The summed E-state index contributed by atoms with van der Waals surface area (Å²) in [7, 11) is 0. The Balaban J connectivity index is 1.71. The van der Waals surface area contributed by atoms with Crippen molar-refractivity contribution in [1.82, 2.24) is 10.3 Å². The van der Waals surface area contributed by atoms with Crippen LogP contribution in [-0.2, 0) is 15.1 Å². The molecule has 1 aromatic carbocycles. The Hall–Kier alpha value is -1.87. The van der Waals surface area contributed by atoms with Gasteiger partial charge in [-0.3, -0.25) is 9.59 Å². The minimum Gasteiger partial charge on any atom is -0.508 e. The van der Waals surface area contributed by atoms with Crippen molar-refractivity contribution in [3.05, 3.63) is 74.1 Å². The van der Waals surface area contributed by atoms with Crippen molar-refractivity contribution in [1.29, 1.82) is 0 Å². The van der Waals surface area contributed by atoms with Gasteiger partial charge in [0.25, 0.3) is 0 Å². The lowest BCUT2D eigenvalue weighted by Crippen LogP contribution is -2.58. The topological polar surface area (TPSA) is 79.3 Å². The molecule has 2 atom stereocenters. The molecule has 1 fully saturated rings. The van der Waals surface area contributed by atoms with Crippen LogP contribution >= 0.6 is 50.6 Å². The Morgan fingerprint density at radius 3 is 2.79 bits per heavy atom. The van der Waals surface area contributed by atoms with Gasteiger partial charge in [0.15, 0.2) is 5.78 Å². The number of aromatic hydroxyl groups is 1. The number of piperidine rings is 1. The van der Waals surface area contributed by atoms with Gasteiger partial charge in [-0.25, -0.2) is 4.98 Å². The molecule has 148 valence electrons. The molecule has 1 aliphatic rings. The Labute approximate surface area is 188 Å². The third-order valence-electron chi connectivity index (χ3n) is 4.63. The van der Waals surface area contributed by atoms with Crippen LogP contribution in [-0.4, -0.2) is 27.0 Å². The van der Waals surface area contributed by atoms with Gasteiger partial charge in [0.2, 0.25) is 5.91 Å². The molecule has 4 rings (SSSR count). The average Bonchev–Trinajstić information content (AvgIpc) is 3.22. The van der Waals surface area contributed by atoms with Crippen molar-refractivity contribution >= 4 is 62.3 Å². The third kappa shape index (κ3) is 3.94. The zero-order valence-corrected chi connectivity index (χ0v) is 18.7. The van der Waals surface area contributed by atoms with Crippen LogP contribution in [0.5, 0.6) is 5.75 Å². The molecule has 29 heavy (non-hydrogen) atoms. The minimum atomic E-state index is -1.03. The van der Waals surface area contributed by atoms with E-state index in [2.05, 4.69) is 26.2 Å². The molecule has 1 saturated heterocycles. The van der Waals surface area contributed by atoms with Gasteiger partial charge in [-0.15, -0.1) is 11.8 Å². The summed E-state index contributed by atoms with van der Waals surface area (Å²) in [6.45, 7) is 0. The Morgan fingerprint density at radius 2 is 2.10 bits per heavy atom. The number of thiophene rings is 1. The second kappa shape index (κ2) is 8.10. The summed E-state index contributed by atoms with van der Waals surface area (Å²) >= 11 is 12.1. The number of rotatable bonds is 4. The highest BCUT2D eigenvalue weighted by atomic mass is 79.9. The Kier molecular flexibility index (Phi) is 5.70. The number of phenolic OH excluding ortho intramolecular Hbond substituents is 1. The van der Waals surface area contributed by atoms with E-state index in [0.29, 0.717) is 20.2 Å². The smallest absolute Gasteiger partial charge is 0.242 e. The molecular weight excluding hydrogens is 496 g/mol. The molecule has 0 radical (unpaired) electrons. The van der Waals surface area contributed by atoms with Crippen LogP contribution < -0.4 is 5.32 Å². The van der Waals surface area contributed by atoms with Crippen LogP contribution in [0.3, 0.4) is 0 Å². The molecule has 0 saturated carbocycles. The van der Waals surface area contributed by atoms with Gasteiger partial charge in [0.05, 0.1) is 10.7 Å². The zero-order valence-electron chi connectivity index (χ0n) is 14.8. The molecule has 0 bridgehead atoms. The lowest BCUT2D eigenvalue weighted by atomic mass is 9.79. The maximum atomic E-state index is 13.2. The first-order valence-electron chi connectivity index (χ1n) is 8.55. The molecule has 2 N–H and O–H groups in total. The first-order chi connectivity index (χ1) is 13.9. The van der Waals surface area contributed by atoms with Gasteiger partial charge in [-0.05, 0) is 68.7 Å². The minimum absolute atomic E-state index is 0.0199. The van der Waals surface area contributed by atoms with E-state index < -0.39 is 16.7 Å². The highest BCUT2D eigenvalue weighted by Crippen LogP contribution is 2.41. The van der Waals surface area contributed by atoms with E-state index in [-0.39, 0.29) is 18.0 Å². The van der Waals surface area contributed by atoms with Crippen molar-refractivity contribution in [2.45, 2.75) is 22.1 Å². The number of hydrogen-bond donors (Lipinski definition) is 2. The van der Waals surface area contributed by atoms with Crippen molar-refractivity contribution in [3.8, 4) is 5.75 Å². The third-order valence-corrected chi connectivity index (χ3v) is 7.50. The monoisotopic (exact) mass is 508 g/mol. The molecule has 9 heteroatoms. The van der Waals surface area contributed by atoms with Crippen LogP contribution in [0.15, 0.2) is 62.7 Å². The first kappa shape index (κ1) is 20.4. The number of halogens is 2. The summed E-state index contributed by atoms with van der Waals surface area (Å²) in [5.41, 5.74) is 0.372. The van der Waals surface area contributed by atoms with Gasteiger partial charge < -0.3 is 10.4 Å². The number of amides is 1. The predicted octanol–water partition coefficient (Wildman–Crippen LogP) is 4.76. The number of Topliss-reactive ketones (excluding diaryl/α,β-unsaturated/α-hetero) is 1. The number of thioether (sulfide) groups is 1. The summed E-state index contributed by atoms with van der Waals surface area (Å²) in [6, 6.07) is 11.7. The van der Waals surface area contributed by atoms with E-state index in [0.717, 1.165) is 17.3 Å². The number of carbonyl (C=O) groups excluding carboxylic acids is 2. The number of nitrogens with one attached hydrogen (secondary N) is 1. The fraction of sp³-hybridized carbons (Fsp3) is 0.150. The molecule has 3 aromatic rings. The van der Waals surface area contributed by atoms with Crippen LogP contribution in [0.25, 0.3) is 0 Å². The maximum Gasteiger partial charge on any atom is 0.242 e. The SMILES string of the molecule is O=C1CC(c2ccsc2)(c2cccc(Br)n2)NC(=O)C1Sc1cc(O)ccc1Cl. The van der Waals surface area contributed by atoms with Crippen LogP contribution in [0.2, 0.25) is 5.02 Å². The fourth-order valence-corrected chi connectivity index (χ4v) is 5.61. The van der Waals surface area contributed by atoms with E-state index in [4.69, 9.17) is 11.6 Å². The molecular formula is C20H14BrClN2O3S2. The van der Waals surface area contributed by atoms with Crippen molar-refractivity contribution in [2.75, 3.05) is 0 Å². The molecule has 0 spiro atoms. The zero-order chi connectivity index (χ0) is 20.6. The standard InChI is InChI=1S/C20H14BrClN2O3S2/c21-17-3-1-2-16(23-17)20(11-6-7-28-10-11)9-14(26)18(19(27)24-20)29-15-8-12(25)4-5-13(15)22/h1-8,10,18,25H,9H2,(H,24,27). The highest BCUT2D eigenvalue weighted by Gasteiger charge is 2.48. The lowest BCUT2D eigenvalue weighted by molar-refractivity contribution is -0.133. The Bertz CT molecular complexity index is 1070. The van der Waals surface area contributed by atoms with E-state index in [1.807, 2.05) is 22.9 Å². The summed E-state index contributed by atoms with van der Waals surface area (Å²) in [5.74, 6) is -0.628. The van der Waals surface area contributed by atoms with Crippen molar-refractivity contribution in [2.24, 2.45) is 0 Å².